The van der Waals surface area contributed by atoms with Crippen molar-refractivity contribution in [2.45, 2.75) is 20.1 Å². The molecule has 0 saturated carbocycles. The third-order valence-electron chi connectivity index (χ3n) is 4.46. The van der Waals surface area contributed by atoms with E-state index >= 15 is 0 Å². The molecular weight excluding hydrogens is 469 g/mol. The van der Waals surface area contributed by atoms with Crippen LogP contribution in [0.1, 0.15) is 29.2 Å². The molecular formula is C24H20Cl3N3O2. The summed E-state index contributed by atoms with van der Waals surface area (Å²) < 4.78 is 11.6. The molecule has 8 heteroatoms. The first-order valence-electron chi connectivity index (χ1n) is 9.79. The molecule has 3 aromatic rings. The molecule has 0 aliphatic rings. The van der Waals surface area contributed by atoms with E-state index in [9.17, 15) is 5.26 Å². The zero-order chi connectivity index (χ0) is 22.9. The van der Waals surface area contributed by atoms with Gasteiger partial charge in [-0.05, 0) is 42.8 Å². The first kappa shape index (κ1) is 23.7. The average molecular weight is 489 g/mol. The van der Waals surface area contributed by atoms with Crippen molar-refractivity contribution >= 4 is 41.0 Å². The van der Waals surface area contributed by atoms with Crippen LogP contribution in [0.25, 0.3) is 0 Å². The van der Waals surface area contributed by atoms with Crippen LogP contribution < -0.4 is 14.9 Å². The molecule has 0 unspecified atom stereocenters. The Morgan fingerprint density at radius 2 is 1.75 bits per heavy atom. The van der Waals surface area contributed by atoms with Gasteiger partial charge in [0.15, 0.2) is 11.5 Å². The standard InChI is InChI=1S/C24H20Cl3N3O2/c1-2-31-23-11-16(13-29-30-14-19-20(25)8-5-9-21(19)26)10-22(27)24(23)32-15-18-7-4-3-6-17(18)12-28/h3-11,13,30H,2,14-15H2,1H3/b29-13-. The van der Waals surface area contributed by atoms with E-state index in [4.69, 9.17) is 44.3 Å². The highest BCUT2D eigenvalue weighted by Gasteiger charge is 2.13. The maximum absolute atomic E-state index is 9.26. The number of hydrogen-bond acceptors (Lipinski definition) is 5. The van der Waals surface area contributed by atoms with Crippen molar-refractivity contribution < 1.29 is 9.47 Å². The normalized spacial score (nSPS) is 10.7. The Kier molecular flexibility index (Phi) is 8.64. The van der Waals surface area contributed by atoms with Crippen LogP contribution in [0, 0.1) is 11.3 Å². The summed E-state index contributed by atoms with van der Waals surface area (Å²) in [4.78, 5) is 0. The second-order valence-corrected chi connectivity index (χ2v) is 7.84. The van der Waals surface area contributed by atoms with Gasteiger partial charge in [0.25, 0.3) is 0 Å². The second-order valence-electron chi connectivity index (χ2n) is 6.61. The lowest BCUT2D eigenvalue weighted by atomic mass is 10.1. The molecule has 0 amide bonds. The summed E-state index contributed by atoms with van der Waals surface area (Å²) in [6.07, 6.45) is 1.62. The number of ether oxygens (including phenoxy) is 2. The van der Waals surface area contributed by atoms with Crippen LogP contribution in [-0.4, -0.2) is 12.8 Å². The van der Waals surface area contributed by atoms with Gasteiger partial charge in [-0.1, -0.05) is 59.1 Å². The van der Waals surface area contributed by atoms with Crippen LogP contribution >= 0.6 is 34.8 Å². The lowest BCUT2D eigenvalue weighted by Gasteiger charge is -2.15. The van der Waals surface area contributed by atoms with Crippen molar-refractivity contribution in [3.63, 3.8) is 0 Å². The summed E-state index contributed by atoms with van der Waals surface area (Å²) in [6.45, 7) is 2.88. The Hall–Kier alpha value is -2.91. The third-order valence-corrected chi connectivity index (χ3v) is 5.45. The van der Waals surface area contributed by atoms with Gasteiger partial charge in [-0.2, -0.15) is 10.4 Å². The number of hydrogen-bond donors (Lipinski definition) is 1. The van der Waals surface area contributed by atoms with Crippen molar-refractivity contribution in [1.82, 2.24) is 5.43 Å². The summed E-state index contributed by atoms with van der Waals surface area (Å²) in [5, 5.41) is 15.0. The molecule has 0 heterocycles. The second kappa shape index (κ2) is 11.6. The summed E-state index contributed by atoms with van der Waals surface area (Å²) >= 11 is 18.8. The molecule has 3 aromatic carbocycles. The zero-order valence-corrected chi connectivity index (χ0v) is 19.5. The SMILES string of the molecule is CCOc1cc(/C=N\NCc2c(Cl)cccc2Cl)cc(Cl)c1OCc1ccccc1C#N. The van der Waals surface area contributed by atoms with E-state index in [-0.39, 0.29) is 6.61 Å². The average Bonchev–Trinajstić information content (AvgIpc) is 2.78. The molecule has 0 saturated heterocycles. The first-order chi connectivity index (χ1) is 15.5. The zero-order valence-electron chi connectivity index (χ0n) is 17.2. The minimum atomic E-state index is 0.192. The molecule has 0 aliphatic heterocycles. The van der Waals surface area contributed by atoms with Gasteiger partial charge in [0.05, 0.1) is 36.0 Å². The number of rotatable bonds is 9. The van der Waals surface area contributed by atoms with Crippen LogP contribution in [0.2, 0.25) is 15.1 Å². The molecule has 5 nitrogen and oxygen atoms in total. The topological polar surface area (TPSA) is 66.6 Å². The molecule has 164 valence electrons. The predicted molar refractivity (Wildman–Crippen MR) is 129 cm³/mol. The van der Waals surface area contributed by atoms with Gasteiger partial charge in [0.2, 0.25) is 0 Å². The summed E-state index contributed by atoms with van der Waals surface area (Å²) in [5.74, 6) is 0.902. The lowest BCUT2D eigenvalue weighted by Crippen LogP contribution is -2.07. The van der Waals surface area contributed by atoms with Crippen molar-refractivity contribution in [3.05, 3.63) is 91.9 Å². The van der Waals surface area contributed by atoms with Crippen LogP contribution in [-0.2, 0) is 13.2 Å². The summed E-state index contributed by atoms with van der Waals surface area (Å²) in [5.41, 5.74) is 5.74. The maximum atomic E-state index is 9.26. The fraction of sp³-hybridized carbons (Fsp3) is 0.167. The molecule has 32 heavy (non-hydrogen) atoms. The smallest absolute Gasteiger partial charge is 0.180 e. The predicted octanol–water partition coefficient (Wildman–Crippen LogP) is 6.62. The monoisotopic (exact) mass is 487 g/mol. The van der Waals surface area contributed by atoms with Crippen LogP contribution in [0.3, 0.4) is 0 Å². The van der Waals surface area contributed by atoms with E-state index in [2.05, 4.69) is 16.6 Å². The fourth-order valence-corrected chi connectivity index (χ4v) is 3.72. The molecule has 0 aromatic heterocycles. The number of hydrazone groups is 1. The van der Waals surface area contributed by atoms with Gasteiger partial charge < -0.3 is 14.9 Å². The number of nitrogens with one attached hydrogen (secondary N) is 1. The molecule has 0 fully saturated rings. The largest absolute Gasteiger partial charge is 0.490 e. The third kappa shape index (κ3) is 6.08. The van der Waals surface area contributed by atoms with Gasteiger partial charge in [-0.25, -0.2) is 0 Å². The maximum Gasteiger partial charge on any atom is 0.180 e. The molecule has 1 N–H and O–H groups in total. The van der Waals surface area contributed by atoms with E-state index in [0.717, 1.165) is 16.7 Å². The van der Waals surface area contributed by atoms with Crippen molar-refractivity contribution in [3.8, 4) is 17.6 Å². The quantitative estimate of drug-likeness (QED) is 0.271. The van der Waals surface area contributed by atoms with E-state index in [1.165, 1.54) is 0 Å². The van der Waals surface area contributed by atoms with Crippen LogP contribution in [0.15, 0.2) is 59.7 Å². The highest BCUT2D eigenvalue weighted by Crippen LogP contribution is 2.37. The van der Waals surface area contributed by atoms with Gasteiger partial charge in [0, 0.05) is 21.2 Å². The molecule has 0 radical (unpaired) electrons. The van der Waals surface area contributed by atoms with E-state index in [1.54, 1.807) is 42.6 Å². The fourth-order valence-electron chi connectivity index (χ4n) is 2.92. The summed E-state index contributed by atoms with van der Waals surface area (Å²) in [7, 11) is 0. The first-order valence-corrected chi connectivity index (χ1v) is 10.9. The van der Waals surface area contributed by atoms with Crippen LogP contribution in [0.4, 0.5) is 0 Å². The van der Waals surface area contributed by atoms with Gasteiger partial charge >= 0.3 is 0 Å². The van der Waals surface area contributed by atoms with Gasteiger partial charge in [-0.15, -0.1) is 0 Å². The van der Waals surface area contributed by atoms with Crippen LogP contribution in [0.5, 0.6) is 11.5 Å². The minimum absolute atomic E-state index is 0.192. The van der Waals surface area contributed by atoms with E-state index in [0.29, 0.717) is 45.3 Å². The summed E-state index contributed by atoms with van der Waals surface area (Å²) in [6, 6.07) is 18.2. The Balaban J connectivity index is 1.73. The molecule has 0 aliphatic carbocycles. The number of halogens is 3. The molecule has 0 bridgehead atoms. The highest BCUT2D eigenvalue weighted by molar-refractivity contribution is 6.36. The lowest BCUT2D eigenvalue weighted by molar-refractivity contribution is 0.269. The van der Waals surface area contributed by atoms with Crippen molar-refractivity contribution in [2.75, 3.05) is 6.61 Å². The Bertz CT molecular complexity index is 1140. The van der Waals surface area contributed by atoms with E-state index < -0.39 is 0 Å². The van der Waals surface area contributed by atoms with E-state index in [1.807, 2.05) is 25.1 Å². The van der Waals surface area contributed by atoms with Gasteiger partial charge in [0.1, 0.15) is 6.61 Å². The van der Waals surface area contributed by atoms with Gasteiger partial charge in [-0.3, -0.25) is 0 Å². The number of benzene rings is 3. The Morgan fingerprint density at radius 1 is 1.00 bits per heavy atom. The molecule has 0 spiro atoms. The Morgan fingerprint density at radius 3 is 2.47 bits per heavy atom. The van der Waals surface area contributed by atoms with Crippen molar-refractivity contribution in [2.24, 2.45) is 5.10 Å². The number of nitriles is 1. The molecule has 0 atom stereocenters. The number of nitrogens with zero attached hydrogens (tertiary/aromatic N) is 2. The minimum Gasteiger partial charge on any atom is -0.490 e. The van der Waals surface area contributed by atoms with Crippen molar-refractivity contribution in [1.29, 1.82) is 5.26 Å². The molecule has 3 rings (SSSR count). The Labute approximate surface area is 202 Å². The highest BCUT2D eigenvalue weighted by atomic mass is 35.5.